The molecule has 0 saturated carbocycles. The Labute approximate surface area is 93.5 Å². The van der Waals surface area contributed by atoms with E-state index in [0.29, 0.717) is 0 Å². The zero-order valence-corrected chi connectivity index (χ0v) is 8.98. The minimum atomic E-state index is -0.117. The van der Waals surface area contributed by atoms with Crippen molar-refractivity contribution in [3.63, 3.8) is 0 Å². The number of hydrogen-bond acceptors (Lipinski definition) is 2. The Kier molecular flexibility index (Phi) is 2.33. The average molecular weight is 215 g/mol. The number of ether oxygens (including phenoxy) is 1. The van der Waals surface area contributed by atoms with E-state index >= 15 is 0 Å². The van der Waals surface area contributed by atoms with Crippen LogP contribution in [-0.4, -0.2) is 18.6 Å². The van der Waals surface area contributed by atoms with Gasteiger partial charge in [-0.3, -0.25) is 4.79 Å². The van der Waals surface area contributed by atoms with Crippen molar-refractivity contribution in [2.24, 2.45) is 4.99 Å². The third kappa shape index (κ3) is 1.48. The molecule has 1 amide bonds. The van der Waals surface area contributed by atoms with Gasteiger partial charge in [-0.25, -0.2) is 4.99 Å². The fourth-order valence-corrected chi connectivity index (χ4v) is 2.36. The van der Waals surface area contributed by atoms with Crippen molar-refractivity contribution in [1.29, 1.82) is 0 Å². The van der Waals surface area contributed by atoms with Gasteiger partial charge in [-0.1, -0.05) is 18.2 Å². The number of para-hydroxylation sites is 1. The molecule has 0 bridgehead atoms. The Morgan fingerprint density at radius 2 is 2.12 bits per heavy atom. The highest BCUT2D eigenvalue weighted by molar-refractivity contribution is 6.16. The quantitative estimate of drug-likeness (QED) is 0.687. The van der Waals surface area contributed by atoms with Gasteiger partial charge in [0, 0.05) is 11.8 Å². The second-order valence-electron chi connectivity index (χ2n) is 4.20. The van der Waals surface area contributed by atoms with Gasteiger partial charge in [0.25, 0.3) is 5.91 Å². The molecule has 2 heterocycles. The van der Waals surface area contributed by atoms with Crippen LogP contribution in [0.4, 0.5) is 0 Å². The summed E-state index contributed by atoms with van der Waals surface area (Å²) in [7, 11) is 0. The predicted molar refractivity (Wildman–Crippen MR) is 59.2 cm³/mol. The Morgan fingerprint density at radius 1 is 1.25 bits per heavy atom. The maximum absolute atomic E-state index is 11.8. The molecular formula is C13H13NO2. The summed E-state index contributed by atoms with van der Waals surface area (Å²) in [4.78, 5) is 15.9. The number of hydrogen-bond donors (Lipinski definition) is 0. The highest BCUT2D eigenvalue weighted by Gasteiger charge is 2.27. The summed E-state index contributed by atoms with van der Waals surface area (Å²) in [5.41, 5.74) is 0.760. The number of carbonyl (C=O) groups is 1. The van der Waals surface area contributed by atoms with Crippen LogP contribution in [0.15, 0.2) is 29.3 Å². The fraction of sp³-hybridized carbons (Fsp3) is 0.385. The fourth-order valence-electron chi connectivity index (χ4n) is 2.36. The van der Waals surface area contributed by atoms with Gasteiger partial charge in [-0.15, -0.1) is 0 Å². The number of rotatable bonds is 1. The molecule has 1 saturated heterocycles. The van der Waals surface area contributed by atoms with E-state index in [-0.39, 0.29) is 12.0 Å². The molecule has 0 spiro atoms. The molecule has 0 aliphatic carbocycles. The summed E-state index contributed by atoms with van der Waals surface area (Å²) in [6.07, 6.45) is 3.11. The SMILES string of the molecule is O=C1N=c2ccccc2=C1C1CCCCO1. The molecule has 2 aliphatic heterocycles. The van der Waals surface area contributed by atoms with Crippen molar-refractivity contribution in [3.8, 4) is 0 Å². The molecule has 82 valence electrons. The van der Waals surface area contributed by atoms with Gasteiger partial charge in [0.2, 0.25) is 0 Å². The molecule has 3 nitrogen and oxygen atoms in total. The molecule has 2 aliphatic rings. The van der Waals surface area contributed by atoms with Crippen LogP contribution < -0.4 is 10.6 Å². The molecule has 3 rings (SSSR count). The maximum atomic E-state index is 11.8. The van der Waals surface area contributed by atoms with Crippen LogP contribution in [0.1, 0.15) is 19.3 Å². The highest BCUT2D eigenvalue weighted by Crippen LogP contribution is 2.21. The summed E-state index contributed by atoms with van der Waals surface area (Å²) in [5, 5.41) is 1.75. The molecule has 0 N–H and O–H groups in total. The van der Waals surface area contributed by atoms with E-state index in [2.05, 4.69) is 4.99 Å². The van der Waals surface area contributed by atoms with Gasteiger partial charge < -0.3 is 4.74 Å². The lowest BCUT2D eigenvalue weighted by atomic mass is 10.00. The van der Waals surface area contributed by atoms with E-state index in [1.54, 1.807) is 0 Å². The maximum Gasteiger partial charge on any atom is 0.276 e. The summed E-state index contributed by atoms with van der Waals surface area (Å²) >= 11 is 0. The van der Waals surface area contributed by atoms with Crippen molar-refractivity contribution in [3.05, 3.63) is 34.8 Å². The van der Waals surface area contributed by atoms with Crippen LogP contribution in [-0.2, 0) is 9.53 Å². The van der Waals surface area contributed by atoms with E-state index in [4.69, 9.17) is 4.74 Å². The van der Waals surface area contributed by atoms with E-state index in [1.165, 1.54) is 0 Å². The minimum absolute atomic E-state index is 0.0475. The van der Waals surface area contributed by atoms with Crippen LogP contribution in [0.25, 0.3) is 5.57 Å². The highest BCUT2D eigenvalue weighted by atomic mass is 16.5. The Bertz CT molecular complexity index is 541. The number of amides is 1. The van der Waals surface area contributed by atoms with E-state index in [1.807, 2.05) is 24.3 Å². The van der Waals surface area contributed by atoms with Crippen molar-refractivity contribution in [2.45, 2.75) is 25.4 Å². The van der Waals surface area contributed by atoms with Crippen LogP contribution in [0, 0.1) is 0 Å². The number of carbonyl (C=O) groups excluding carboxylic acids is 1. The van der Waals surface area contributed by atoms with Crippen LogP contribution in [0.2, 0.25) is 0 Å². The lowest BCUT2D eigenvalue weighted by molar-refractivity contribution is -0.113. The zero-order chi connectivity index (χ0) is 11.0. The first-order valence-electron chi connectivity index (χ1n) is 5.70. The molecule has 1 atom stereocenters. The molecule has 1 aromatic carbocycles. The molecule has 0 aromatic heterocycles. The van der Waals surface area contributed by atoms with E-state index < -0.39 is 0 Å². The normalized spacial score (nSPS) is 24.1. The standard InChI is InChI=1S/C13H13NO2/c15-13-12(11-7-3-4-8-16-11)9-5-1-2-6-10(9)14-13/h1-2,5-6,11H,3-4,7-8H2. The monoisotopic (exact) mass is 215 g/mol. The van der Waals surface area contributed by atoms with Gasteiger partial charge in [0.15, 0.2) is 0 Å². The third-order valence-electron chi connectivity index (χ3n) is 3.15. The first-order valence-corrected chi connectivity index (χ1v) is 5.70. The summed E-state index contributed by atoms with van der Waals surface area (Å²) in [6.45, 7) is 0.754. The van der Waals surface area contributed by atoms with Crippen molar-refractivity contribution in [2.75, 3.05) is 6.61 Å². The van der Waals surface area contributed by atoms with Crippen LogP contribution in [0.5, 0.6) is 0 Å². The topological polar surface area (TPSA) is 38.7 Å². The Morgan fingerprint density at radius 3 is 2.94 bits per heavy atom. The summed E-state index contributed by atoms with van der Waals surface area (Å²) in [5.74, 6) is -0.117. The van der Waals surface area contributed by atoms with Crippen molar-refractivity contribution in [1.82, 2.24) is 0 Å². The molecule has 3 heteroatoms. The zero-order valence-electron chi connectivity index (χ0n) is 8.98. The lowest BCUT2D eigenvalue weighted by Gasteiger charge is -2.22. The number of nitrogens with zero attached hydrogens (tertiary/aromatic N) is 1. The second-order valence-corrected chi connectivity index (χ2v) is 4.20. The minimum Gasteiger partial charge on any atom is -0.373 e. The number of fused-ring (bicyclic) bond motifs is 1. The van der Waals surface area contributed by atoms with Gasteiger partial charge in [0.1, 0.15) is 0 Å². The Hall–Kier alpha value is -1.48. The first kappa shape index (κ1) is 9.73. The van der Waals surface area contributed by atoms with Crippen molar-refractivity contribution < 1.29 is 9.53 Å². The summed E-state index contributed by atoms with van der Waals surface area (Å²) in [6, 6.07) is 7.68. The van der Waals surface area contributed by atoms with Gasteiger partial charge in [0.05, 0.1) is 17.0 Å². The van der Waals surface area contributed by atoms with Gasteiger partial charge in [-0.05, 0) is 25.3 Å². The predicted octanol–water partition coefficient (Wildman–Crippen LogP) is 0.566. The Balaban J connectivity index is 2.13. The van der Waals surface area contributed by atoms with Gasteiger partial charge in [-0.2, -0.15) is 0 Å². The third-order valence-corrected chi connectivity index (χ3v) is 3.15. The smallest absolute Gasteiger partial charge is 0.276 e. The largest absolute Gasteiger partial charge is 0.373 e. The molecule has 0 radical (unpaired) electrons. The van der Waals surface area contributed by atoms with Crippen molar-refractivity contribution >= 4 is 11.5 Å². The van der Waals surface area contributed by atoms with Crippen LogP contribution in [0.3, 0.4) is 0 Å². The molecule has 1 fully saturated rings. The molecule has 16 heavy (non-hydrogen) atoms. The first-order chi connectivity index (χ1) is 7.86. The molecule has 1 unspecified atom stereocenters. The van der Waals surface area contributed by atoms with E-state index in [9.17, 15) is 4.79 Å². The molecular weight excluding hydrogens is 202 g/mol. The lowest BCUT2D eigenvalue weighted by Crippen LogP contribution is -2.30. The second kappa shape index (κ2) is 3.83. The summed E-state index contributed by atoms with van der Waals surface area (Å²) < 4.78 is 5.67. The molecule has 1 aromatic rings. The average Bonchev–Trinajstić information content (AvgIpc) is 2.66. The number of benzene rings is 1. The van der Waals surface area contributed by atoms with Crippen LogP contribution >= 0.6 is 0 Å². The van der Waals surface area contributed by atoms with E-state index in [0.717, 1.165) is 42.0 Å². The van der Waals surface area contributed by atoms with Gasteiger partial charge >= 0.3 is 0 Å².